The van der Waals surface area contributed by atoms with Gasteiger partial charge in [-0.1, -0.05) is 36.8 Å². The van der Waals surface area contributed by atoms with Crippen molar-refractivity contribution in [2.45, 2.75) is 38.7 Å². The number of fused-ring (bicyclic) bond motifs is 1. The number of nitrogens with zero attached hydrogens (tertiary/aromatic N) is 1. The summed E-state index contributed by atoms with van der Waals surface area (Å²) in [4.78, 5) is 29.0. The molecule has 0 aromatic heterocycles. The molecule has 10 heteroatoms. The number of allylic oxidation sites excluding steroid dienone is 1. The van der Waals surface area contributed by atoms with Crippen molar-refractivity contribution in [2.24, 2.45) is 17.8 Å². The van der Waals surface area contributed by atoms with Crippen molar-refractivity contribution in [2.75, 3.05) is 37.7 Å². The lowest BCUT2D eigenvalue weighted by Gasteiger charge is -2.36. The summed E-state index contributed by atoms with van der Waals surface area (Å²) in [6, 6.07) is 20.5. The topological polar surface area (TPSA) is 129 Å². The molecular weight excluding hydrogens is 711 g/mol. The van der Waals surface area contributed by atoms with Crippen molar-refractivity contribution in [3.05, 3.63) is 92.6 Å². The highest BCUT2D eigenvalue weighted by Gasteiger charge is 2.55. The molecule has 3 aromatic carbocycles. The first-order chi connectivity index (χ1) is 22.7. The number of amides is 2. The Hall–Kier alpha value is -3.71. The number of nitrogens with one attached hydrogen (secondary N) is 1. The van der Waals surface area contributed by atoms with E-state index in [2.05, 4.69) is 27.9 Å². The van der Waals surface area contributed by atoms with Crippen molar-refractivity contribution < 1.29 is 34.4 Å². The van der Waals surface area contributed by atoms with Gasteiger partial charge in [0, 0.05) is 24.4 Å². The highest BCUT2D eigenvalue weighted by atomic mass is 127. The number of imide groups is 1. The molecule has 248 valence electrons. The van der Waals surface area contributed by atoms with Gasteiger partial charge in [-0.05, 0) is 114 Å². The zero-order valence-corrected chi connectivity index (χ0v) is 28.9. The van der Waals surface area contributed by atoms with Crippen molar-refractivity contribution in [1.82, 2.24) is 0 Å². The van der Waals surface area contributed by atoms with Crippen LogP contribution in [0.4, 0.5) is 17.1 Å². The second-order valence-electron chi connectivity index (χ2n) is 11.9. The number of carbonyl (C=O) groups excluding carboxylic acids is 2. The molecule has 1 aliphatic carbocycles. The van der Waals surface area contributed by atoms with Crippen LogP contribution in [0.3, 0.4) is 0 Å². The van der Waals surface area contributed by atoms with Crippen LogP contribution in [-0.4, -0.2) is 60.7 Å². The first kappa shape index (κ1) is 34.6. The summed E-state index contributed by atoms with van der Waals surface area (Å²) >= 11 is 2.06. The Morgan fingerprint density at radius 2 is 1.77 bits per heavy atom. The Kier molecular flexibility index (Phi) is 11.4. The van der Waals surface area contributed by atoms with E-state index in [4.69, 9.17) is 9.47 Å². The number of methoxy groups -OCH3 is 2. The van der Waals surface area contributed by atoms with Crippen LogP contribution in [0.25, 0.3) is 6.08 Å². The van der Waals surface area contributed by atoms with Crippen LogP contribution < -0.4 is 15.0 Å². The molecule has 3 aromatic rings. The number of aliphatic hydroxyl groups excluding tert-OH is 2. The Morgan fingerprint density at radius 1 is 1.06 bits per heavy atom. The first-order valence-electron chi connectivity index (χ1n) is 15.8. The molecular formula is C37H41IN2O7. The number of halogens is 1. The number of aromatic hydroxyl groups is 1. The van der Waals surface area contributed by atoms with Crippen molar-refractivity contribution >= 4 is 57.5 Å². The number of aliphatic hydroxyl groups is 2. The summed E-state index contributed by atoms with van der Waals surface area (Å²) in [6.45, 7) is 1.85. The van der Waals surface area contributed by atoms with E-state index < -0.39 is 23.9 Å². The van der Waals surface area contributed by atoms with E-state index in [1.807, 2.05) is 61.5 Å². The van der Waals surface area contributed by atoms with Crippen LogP contribution in [0.15, 0.2) is 83.4 Å². The average molecular weight is 753 g/mol. The van der Waals surface area contributed by atoms with E-state index in [1.54, 1.807) is 25.3 Å². The van der Waals surface area contributed by atoms with Gasteiger partial charge in [-0.25, -0.2) is 0 Å². The van der Waals surface area contributed by atoms with Crippen LogP contribution in [-0.2, 0) is 14.3 Å². The predicted molar refractivity (Wildman–Crippen MR) is 191 cm³/mol. The first-order valence-corrected chi connectivity index (χ1v) is 16.8. The SMILES string of the molecule is CC/C(=C\c1cc(I)c(O)c(OC)c1)CC[C@@H](O)C1=C(COC)C[C@H]2C(=O)N(c3ccc(Nc4ccccc4)cc3)C(=O)[C@H]2[C@H]1CO. The summed E-state index contributed by atoms with van der Waals surface area (Å²) in [7, 11) is 3.07. The predicted octanol–water partition coefficient (Wildman–Crippen LogP) is 6.44. The quantitative estimate of drug-likeness (QED) is 0.0893. The number of carbonyl (C=O) groups is 2. The monoisotopic (exact) mass is 752 g/mol. The second kappa shape index (κ2) is 15.5. The average Bonchev–Trinajstić information content (AvgIpc) is 3.33. The molecule has 0 spiro atoms. The molecule has 9 nitrogen and oxygen atoms in total. The third-order valence-electron chi connectivity index (χ3n) is 9.08. The van der Waals surface area contributed by atoms with Gasteiger partial charge < -0.3 is 30.1 Å². The summed E-state index contributed by atoms with van der Waals surface area (Å²) in [6.07, 6.45) is 3.03. The molecule has 1 fully saturated rings. The second-order valence-corrected chi connectivity index (χ2v) is 13.1. The van der Waals surface area contributed by atoms with Gasteiger partial charge in [0.1, 0.15) is 0 Å². The number of rotatable bonds is 13. The molecule has 0 bridgehead atoms. The van der Waals surface area contributed by atoms with Crippen LogP contribution in [0.2, 0.25) is 0 Å². The minimum Gasteiger partial charge on any atom is -0.504 e. The lowest BCUT2D eigenvalue weighted by molar-refractivity contribution is -0.123. The molecule has 4 atom stereocenters. The Labute approximate surface area is 289 Å². The van der Waals surface area contributed by atoms with Gasteiger partial charge in [-0.2, -0.15) is 0 Å². The Balaban J connectivity index is 1.36. The summed E-state index contributed by atoms with van der Waals surface area (Å²) < 4.78 is 11.5. The molecule has 1 heterocycles. The number of hydrogen-bond acceptors (Lipinski definition) is 8. The third kappa shape index (κ3) is 7.40. The molecule has 0 unspecified atom stereocenters. The van der Waals surface area contributed by atoms with E-state index in [-0.39, 0.29) is 37.2 Å². The van der Waals surface area contributed by atoms with Crippen LogP contribution in [0.5, 0.6) is 11.5 Å². The normalized spacial score (nSPS) is 20.4. The maximum atomic E-state index is 14.0. The van der Waals surface area contributed by atoms with E-state index in [9.17, 15) is 24.9 Å². The summed E-state index contributed by atoms with van der Waals surface area (Å²) in [5.41, 5.74) is 5.52. The molecule has 5 rings (SSSR count). The zero-order valence-electron chi connectivity index (χ0n) is 26.8. The van der Waals surface area contributed by atoms with Gasteiger partial charge in [0.25, 0.3) is 0 Å². The standard InChI is InChI=1S/C37H41IN2O7/c1-4-22(16-23-17-30(38)35(43)32(18-23)47-3)10-15-31(42)33-24(21-46-2)19-28-34(29(33)20-41)37(45)40(36(28)44)27-13-11-26(12-14-27)39-25-8-6-5-7-9-25/h5-9,11-14,16-18,28-29,31,34,39,41-43H,4,10,15,19-21H2,1-3H3/b22-16+/t28-,29+,31-,34-/m1/s1. The smallest absolute Gasteiger partial charge is 0.238 e. The third-order valence-corrected chi connectivity index (χ3v) is 9.90. The fourth-order valence-corrected chi connectivity index (χ4v) is 7.42. The van der Waals surface area contributed by atoms with E-state index >= 15 is 0 Å². The van der Waals surface area contributed by atoms with Crippen LogP contribution in [0.1, 0.15) is 38.2 Å². The minimum atomic E-state index is -0.942. The molecule has 4 N–H and O–H groups in total. The van der Waals surface area contributed by atoms with Gasteiger partial charge in [0.2, 0.25) is 11.8 Å². The van der Waals surface area contributed by atoms with Crippen molar-refractivity contribution in [1.29, 1.82) is 0 Å². The molecule has 2 amide bonds. The van der Waals surface area contributed by atoms with Crippen LogP contribution in [0, 0.1) is 21.3 Å². The number of phenolic OH excluding ortho intramolecular Hbond substituents is 1. The molecule has 47 heavy (non-hydrogen) atoms. The van der Waals surface area contributed by atoms with Gasteiger partial charge in [0.05, 0.1) is 47.5 Å². The molecule has 1 saturated heterocycles. The van der Waals surface area contributed by atoms with Crippen LogP contribution >= 0.6 is 22.6 Å². The molecule has 1 aliphatic heterocycles. The number of phenols is 1. The van der Waals surface area contributed by atoms with Crippen molar-refractivity contribution in [3.63, 3.8) is 0 Å². The minimum absolute atomic E-state index is 0.0950. The zero-order chi connectivity index (χ0) is 33.7. The number of para-hydroxylation sites is 1. The Bertz CT molecular complexity index is 1660. The van der Waals surface area contributed by atoms with Gasteiger partial charge in [-0.15, -0.1) is 0 Å². The van der Waals surface area contributed by atoms with Crippen molar-refractivity contribution in [3.8, 4) is 11.5 Å². The maximum Gasteiger partial charge on any atom is 0.238 e. The van der Waals surface area contributed by atoms with E-state index in [0.717, 1.165) is 34.5 Å². The Morgan fingerprint density at radius 3 is 2.40 bits per heavy atom. The molecule has 0 saturated carbocycles. The summed E-state index contributed by atoms with van der Waals surface area (Å²) in [5.74, 6) is -2.34. The van der Waals surface area contributed by atoms with E-state index in [1.165, 1.54) is 12.0 Å². The summed E-state index contributed by atoms with van der Waals surface area (Å²) in [5, 5.41) is 35.8. The fraction of sp³-hybridized carbons (Fsp3) is 0.351. The number of ether oxygens (including phenoxy) is 2. The lowest BCUT2D eigenvalue weighted by atomic mass is 9.68. The largest absolute Gasteiger partial charge is 0.504 e. The van der Waals surface area contributed by atoms with Gasteiger partial charge >= 0.3 is 0 Å². The maximum absolute atomic E-state index is 14.0. The number of benzene rings is 3. The number of anilines is 3. The fourth-order valence-electron chi connectivity index (χ4n) is 6.80. The molecule has 0 radical (unpaired) electrons. The number of hydrogen-bond donors (Lipinski definition) is 4. The molecule has 2 aliphatic rings. The lowest BCUT2D eigenvalue weighted by Crippen LogP contribution is -2.39. The van der Waals surface area contributed by atoms with Gasteiger partial charge in [0.15, 0.2) is 11.5 Å². The highest BCUT2D eigenvalue weighted by molar-refractivity contribution is 14.1. The highest BCUT2D eigenvalue weighted by Crippen LogP contribution is 2.47. The van der Waals surface area contributed by atoms with E-state index in [0.29, 0.717) is 33.4 Å². The van der Waals surface area contributed by atoms with Gasteiger partial charge in [-0.3, -0.25) is 14.5 Å².